The summed E-state index contributed by atoms with van der Waals surface area (Å²) < 4.78 is 4.72. The van der Waals surface area contributed by atoms with E-state index >= 15 is 0 Å². The highest BCUT2D eigenvalue weighted by Crippen LogP contribution is 2.39. The van der Waals surface area contributed by atoms with Crippen LogP contribution in [0.2, 0.25) is 0 Å². The van der Waals surface area contributed by atoms with Crippen LogP contribution in [0.1, 0.15) is 0 Å². The quantitative estimate of drug-likeness (QED) is 0.288. The summed E-state index contributed by atoms with van der Waals surface area (Å²) in [7, 11) is 0. The number of nitrogen functional groups attached to an aromatic ring is 1. The number of anilines is 1. The number of hydrogen-bond acceptors (Lipinski definition) is 1. The molecule has 0 bridgehead atoms. The molecule has 0 saturated heterocycles. The lowest BCUT2D eigenvalue weighted by molar-refractivity contribution is 1.17. The van der Waals surface area contributed by atoms with Crippen LogP contribution in [-0.4, -0.2) is 9.13 Å². The Kier molecular flexibility index (Phi) is 3.70. The molecule has 156 valence electrons. The van der Waals surface area contributed by atoms with Crippen LogP contribution in [0.5, 0.6) is 0 Å². The largest absolute Gasteiger partial charge is 0.399 e. The summed E-state index contributed by atoms with van der Waals surface area (Å²) in [4.78, 5) is 0. The van der Waals surface area contributed by atoms with Crippen molar-refractivity contribution in [1.82, 2.24) is 9.13 Å². The molecule has 0 unspecified atom stereocenters. The third-order valence-corrected chi connectivity index (χ3v) is 6.63. The van der Waals surface area contributed by atoms with E-state index in [0.29, 0.717) is 0 Å². The summed E-state index contributed by atoms with van der Waals surface area (Å²) in [5, 5.41) is 4.92. The predicted molar refractivity (Wildman–Crippen MR) is 140 cm³/mol. The summed E-state index contributed by atoms with van der Waals surface area (Å²) in [6.07, 6.45) is 0. The molecule has 0 aliphatic rings. The molecule has 5 aromatic carbocycles. The zero-order valence-corrected chi connectivity index (χ0v) is 17.9. The Bertz CT molecular complexity index is 1820. The van der Waals surface area contributed by atoms with Gasteiger partial charge in [0.05, 0.1) is 27.8 Å². The van der Waals surface area contributed by atoms with Gasteiger partial charge in [-0.05, 0) is 48.5 Å². The fourth-order valence-electron chi connectivity index (χ4n) is 5.29. The first-order chi connectivity index (χ1) is 16.3. The van der Waals surface area contributed by atoms with Crippen molar-refractivity contribution in [2.75, 3.05) is 5.73 Å². The first kappa shape index (κ1) is 18.1. The van der Waals surface area contributed by atoms with Gasteiger partial charge in [-0.2, -0.15) is 0 Å². The van der Waals surface area contributed by atoms with Gasteiger partial charge in [-0.3, -0.25) is 0 Å². The maximum absolute atomic E-state index is 6.26. The number of rotatable bonds is 2. The zero-order valence-electron chi connectivity index (χ0n) is 17.9. The molecular formula is C30H21N3. The Labute approximate surface area is 190 Å². The van der Waals surface area contributed by atoms with Crippen molar-refractivity contribution in [2.45, 2.75) is 0 Å². The van der Waals surface area contributed by atoms with Crippen molar-refractivity contribution in [2.24, 2.45) is 0 Å². The standard InChI is InChI=1S/C30H21N3/c31-20-17-18-23-22-11-4-6-13-25(22)33(29(23)19-20)28-16-8-15-27-30(28)24-12-5-7-14-26(24)32(27)21-9-2-1-3-10-21/h1-19H,31H2. The van der Waals surface area contributed by atoms with E-state index in [4.69, 9.17) is 5.73 Å². The molecule has 0 fully saturated rings. The summed E-state index contributed by atoms with van der Waals surface area (Å²) in [5.41, 5.74) is 14.0. The van der Waals surface area contributed by atoms with Gasteiger partial charge in [-0.1, -0.05) is 66.7 Å². The number of fused-ring (bicyclic) bond motifs is 6. The minimum atomic E-state index is 0.769. The van der Waals surface area contributed by atoms with Crippen molar-refractivity contribution in [3.05, 3.63) is 115 Å². The Morgan fingerprint density at radius 1 is 0.455 bits per heavy atom. The van der Waals surface area contributed by atoms with Gasteiger partial charge < -0.3 is 14.9 Å². The van der Waals surface area contributed by atoms with E-state index in [0.717, 1.165) is 22.6 Å². The van der Waals surface area contributed by atoms with Crippen molar-refractivity contribution in [3.8, 4) is 11.4 Å². The van der Waals surface area contributed by atoms with Crippen molar-refractivity contribution in [3.63, 3.8) is 0 Å². The summed E-state index contributed by atoms with van der Waals surface area (Å²) in [6, 6.07) is 40.6. The van der Waals surface area contributed by atoms with Crippen LogP contribution in [0.4, 0.5) is 5.69 Å². The molecule has 0 radical (unpaired) electrons. The van der Waals surface area contributed by atoms with Gasteiger partial charge in [0.2, 0.25) is 0 Å². The number of nitrogens with zero attached hydrogens (tertiary/aromatic N) is 2. The van der Waals surface area contributed by atoms with Crippen LogP contribution in [0.25, 0.3) is 55.0 Å². The molecule has 7 aromatic rings. The van der Waals surface area contributed by atoms with E-state index in [-0.39, 0.29) is 0 Å². The van der Waals surface area contributed by atoms with Crippen LogP contribution in [0, 0.1) is 0 Å². The topological polar surface area (TPSA) is 35.9 Å². The van der Waals surface area contributed by atoms with E-state index in [2.05, 4.69) is 118 Å². The van der Waals surface area contributed by atoms with Gasteiger partial charge in [0.1, 0.15) is 0 Å². The molecule has 0 aliphatic heterocycles. The van der Waals surface area contributed by atoms with E-state index in [9.17, 15) is 0 Å². The molecule has 7 rings (SSSR count). The highest BCUT2D eigenvalue weighted by atomic mass is 15.0. The van der Waals surface area contributed by atoms with Crippen molar-refractivity contribution < 1.29 is 0 Å². The second kappa shape index (κ2) is 6.75. The van der Waals surface area contributed by atoms with Gasteiger partial charge in [0.15, 0.2) is 0 Å². The number of nitrogens with two attached hydrogens (primary N) is 1. The minimum Gasteiger partial charge on any atom is -0.399 e. The summed E-state index contributed by atoms with van der Waals surface area (Å²) in [6.45, 7) is 0. The fourth-order valence-corrected chi connectivity index (χ4v) is 5.29. The Balaban J connectivity index is 1.70. The molecule has 0 saturated carbocycles. The molecular weight excluding hydrogens is 402 g/mol. The molecule has 2 aromatic heterocycles. The van der Waals surface area contributed by atoms with Crippen LogP contribution in [0.3, 0.4) is 0 Å². The lowest BCUT2D eigenvalue weighted by Crippen LogP contribution is -1.97. The van der Waals surface area contributed by atoms with Gasteiger partial charge >= 0.3 is 0 Å². The fraction of sp³-hybridized carbons (Fsp3) is 0. The SMILES string of the molecule is Nc1ccc2c3ccccc3n(-c3cccc4c3c3ccccc3n4-c3ccccc3)c2c1. The number of benzene rings is 5. The molecule has 3 heteroatoms. The third-order valence-electron chi connectivity index (χ3n) is 6.63. The van der Waals surface area contributed by atoms with Gasteiger partial charge in [0.25, 0.3) is 0 Å². The maximum Gasteiger partial charge on any atom is 0.0562 e. The van der Waals surface area contributed by atoms with Gasteiger partial charge in [0, 0.05) is 32.9 Å². The third kappa shape index (κ3) is 2.50. The van der Waals surface area contributed by atoms with E-state index in [1.54, 1.807) is 0 Å². The average Bonchev–Trinajstić information content (AvgIpc) is 3.37. The number of hydrogen-bond donors (Lipinski definition) is 1. The molecule has 0 aliphatic carbocycles. The highest BCUT2D eigenvalue weighted by molar-refractivity contribution is 6.16. The summed E-state index contributed by atoms with van der Waals surface area (Å²) >= 11 is 0. The van der Waals surface area contributed by atoms with Gasteiger partial charge in [-0.15, -0.1) is 0 Å². The number of para-hydroxylation sites is 3. The van der Waals surface area contributed by atoms with E-state index in [1.165, 1.54) is 38.1 Å². The molecule has 33 heavy (non-hydrogen) atoms. The molecule has 0 spiro atoms. The molecule has 0 atom stereocenters. The van der Waals surface area contributed by atoms with E-state index < -0.39 is 0 Å². The van der Waals surface area contributed by atoms with E-state index in [1.807, 2.05) is 6.07 Å². The lowest BCUT2D eigenvalue weighted by Gasteiger charge is -2.11. The second-order valence-corrected chi connectivity index (χ2v) is 8.49. The molecule has 3 nitrogen and oxygen atoms in total. The van der Waals surface area contributed by atoms with Crippen molar-refractivity contribution in [1.29, 1.82) is 0 Å². The number of aromatic nitrogens is 2. The first-order valence-corrected chi connectivity index (χ1v) is 11.2. The van der Waals surface area contributed by atoms with Gasteiger partial charge in [-0.25, -0.2) is 0 Å². The van der Waals surface area contributed by atoms with Crippen LogP contribution in [-0.2, 0) is 0 Å². The Morgan fingerprint density at radius 2 is 1.09 bits per heavy atom. The van der Waals surface area contributed by atoms with Crippen molar-refractivity contribution >= 4 is 49.3 Å². The smallest absolute Gasteiger partial charge is 0.0562 e. The predicted octanol–water partition coefficient (Wildman–Crippen LogP) is 7.46. The molecule has 0 amide bonds. The van der Waals surface area contributed by atoms with Crippen LogP contribution in [0.15, 0.2) is 115 Å². The average molecular weight is 424 g/mol. The van der Waals surface area contributed by atoms with Crippen LogP contribution < -0.4 is 5.73 Å². The maximum atomic E-state index is 6.26. The highest BCUT2D eigenvalue weighted by Gasteiger charge is 2.19. The monoisotopic (exact) mass is 423 g/mol. The molecule has 2 heterocycles. The van der Waals surface area contributed by atoms with Crippen LogP contribution >= 0.6 is 0 Å². The first-order valence-electron chi connectivity index (χ1n) is 11.2. The minimum absolute atomic E-state index is 0.769. The zero-order chi connectivity index (χ0) is 21.9. The normalized spacial score (nSPS) is 11.8. The summed E-state index contributed by atoms with van der Waals surface area (Å²) in [5.74, 6) is 0. The molecule has 2 N–H and O–H groups in total. The Morgan fingerprint density at radius 3 is 1.91 bits per heavy atom. The second-order valence-electron chi connectivity index (χ2n) is 8.49. The Hall–Kier alpha value is -4.50. The lowest BCUT2D eigenvalue weighted by atomic mass is 10.1.